The molecule has 2 rings (SSSR count). The summed E-state index contributed by atoms with van der Waals surface area (Å²) in [6, 6.07) is 3.29. The van der Waals surface area contributed by atoms with Gasteiger partial charge in [-0.05, 0) is 36.5 Å². The van der Waals surface area contributed by atoms with Crippen LogP contribution in [0.1, 0.15) is 18.9 Å². The lowest BCUT2D eigenvalue weighted by Crippen LogP contribution is -2.39. The highest BCUT2D eigenvalue weighted by Crippen LogP contribution is 2.24. The molecule has 0 amide bonds. The quantitative estimate of drug-likeness (QED) is 0.881. The van der Waals surface area contributed by atoms with Crippen LogP contribution in [0.2, 0.25) is 0 Å². The summed E-state index contributed by atoms with van der Waals surface area (Å²) in [5.41, 5.74) is 6.61. The Balaban J connectivity index is 2.04. The van der Waals surface area contributed by atoms with Gasteiger partial charge in [0.1, 0.15) is 11.6 Å². The first-order chi connectivity index (χ1) is 8.06. The Morgan fingerprint density at radius 3 is 2.53 bits per heavy atom. The highest BCUT2D eigenvalue weighted by atomic mass is 19.1. The van der Waals surface area contributed by atoms with E-state index in [1.165, 1.54) is 12.1 Å². The average Bonchev–Trinajstić information content (AvgIpc) is 2.62. The summed E-state index contributed by atoms with van der Waals surface area (Å²) < 4.78 is 31.6. The summed E-state index contributed by atoms with van der Waals surface area (Å²) in [5, 5.41) is 0. The lowest BCUT2D eigenvalue weighted by molar-refractivity contribution is 0.0726. The molecular weight excluding hydrogens is 224 g/mol. The second kappa shape index (κ2) is 5.10. The van der Waals surface area contributed by atoms with Crippen LogP contribution in [-0.2, 0) is 11.2 Å². The number of nitrogens with two attached hydrogens (primary N) is 1. The van der Waals surface area contributed by atoms with Crippen LogP contribution in [0.5, 0.6) is 0 Å². The van der Waals surface area contributed by atoms with Gasteiger partial charge in [-0.2, -0.15) is 0 Å². The molecule has 3 atom stereocenters. The van der Waals surface area contributed by atoms with Gasteiger partial charge in [-0.25, -0.2) is 8.78 Å². The zero-order valence-corrected chi connectivity index (χ0v) is 9.83. The molecular formula is C13H17F2NO. The predicted octanol–water partition coefficient (Wildman–Crippen LogP) is 2.26. The van der Waals surface area contributed by atoms with Gasteiger partial charge in [0.05, 0.1) is 6.10 Å². The van der Waals surface area contributed by atoms with Crippen molar-refractivity contribution in [3.63, 3.8) is 0 Å². The molecule has 94 valence electrons. The van der Waals surface area contributed by atoms with Gasteiger partial charge in [-0.3, -0.25) is 0 Å². The van der Waals surface area contributed by atoms with E-state index < -0.39 is 11.6 Å². The van der Waals surface area contributed by atoms with Crippen LogP contribution in [0.25, 0.3) is 0 Å². The van der Waals surface area contributed by atoms with Crippen molar-refractivity contribution in [1.82, 2.24) is 0 Å². The minimum Gasteiger partial charge on any atom is -0.376 e. The highest BCUT2D eigenvalue weighted by Gasteiger charge is 2.29. The topological polar surface area (TPSA) is 35.2 Å². The van der Waals surface area contributed by atoms with E-state index in [1.54, 1.807) is 0 Å². The second-order valence-corrected chi connectivity index (χ2v) is 4.75. The minimum absolute atomic E-state index is 0.0127. The average molecular weight is 241 g/mol. The first-order valence-electron chi connectivity index (χ1n) is 5.88. The number of rotatable bonds is 3. The van der Waals surface area contributed by atoms with E-state index in [0.717, 1.165) is 19.1 Å². The molecule has 1 aliphatic heterocycles. The van der Waals surface area contributed by atoms with E-state index in [2.05, 4.69) is 6.92 Å². The van der Waals surface area contributed by atoms with Gasteiger partial charge in [-0.15, -0.1) is 0 Å². The Bertz CT molecular complexity index is 377. The normalized spacial score (nSPS) is 26.1. The van der Waals surface area contributed by atoms with E-state index in [1.807, 2.05) is 0 Å². The molecule has 1 heterocycles. The number of halogens is 2. The van der Waals surface area contributed by atoms with Gasteiger partial charge in [0.25, 0.3) is 0 Å². The molecule has 1 aliphatic rings. The fraction of sp³-hybridized carbons (Fsp3) is 0.538. The monoisotopic (exact) mass is 241 g/mol. The van der Waals surface area contributed by atoms with Gasteiger partial charge in [0, 0.05) is 18.7 Å². The van der Waals surface area contributed by atoms with Crippen LogP contribution in [0.3, 0.4) is 0 Å². The molecule has 1 saturated heterocycles. The van der Waals surface area contributed by atoms with Gasteiger partial charge in [0.15, 0.2) is 0 Å². The zero-order valence-electron chi connectivity index (χ0n) is 9.83. The largest absolute Gasteiger partial charge is 0.376 e. The fourth-order valence-corrected chi connectivity index (χ4v) is 2.38. The van der Waals surface area contributed by atoms with Crippen LogP contribution >= 0.6 is 0 Å². The molecule has 0 spiro atoms. The third kappa shape index (κ3) is 3.01. The van der Waals surface area contributed by atoms with Crippen LogP contribution in [0.4, 0.5) is 8.78 Å². The van der Waals surface area contributed by atoms with E-state index in [0.29, 0.717) is 17.9 Å². The number of hydrogen-bond acceptors (Lipinski definition) is 2. The standard InChI is InChI=1S/C13H17F2NO/c1-8-2-3-17-13(8)12(16)6-9-4-10(14)7-11(15)5-9/h4-5,7-8,12-13H,2-3,6,16H2,1H3. The molecule has 0 radical (unpaired) electrons. The molecule has 2 N–H and O–H groups in total. The summed E-state index contributed by atoms with van der Waals surface area (Å²) in [4.78, 5) is 0. The summed E-state index contributed by atoms with van der Waals surface area (Å²) in [6.07, 6.45) is 1.42. The van der Waals surface area contributed by atoms with Crippen molar-refractivity contribution in [1.29, 1.82) is 0 Å². The van der Waals surface area contributed by atoms with Crippen LogP contribution in [0, 0.1) is 17.6 Å². The Kier molecular flexibility index (Phi) is 3.74. The highest BCUT2D eigenvalue weighted by molar-refractivity contribution is 5.19. The van der Waals surface area contributed by atoms with Crippen molar-refractivity contribution in [2.45, 2.75) is 31.9 Å². The predicted molar refractivity (Wildman–Crippen MR) is 61.6 cm³/mol. The van der Waals surface area contributed by atoms with Gasteiger partial charge in [0.2, 0.25) is 0 Å². The lowest BCUT2D eigenvalue weighted by atomic mass is 9.93. The number of ether oxygens (including phenoxy) is 1. The molecule has 2 nitrogen and oxygen atoms in total. The third-order valence-electron chi connectivity index (χ3n) is 3.26. The molecule has 17 heavy (non-hydrogen) atoms. The van der Waals surface area contributed by atoms with Crippen LogP contribution in [-0.4, -0.2) is 18.8 Å². The Hall–Kier alpha value is -1.00. The third-order valence-corrected chi connectivity index (χ3v) is 3.26. The molecule has 1 aromatic rings. The molecule has 0 bridgehead atoms. The van der Waals surface area contributed by atoms with Crippen LogP contribution in [0.15, 0.2) is 18.2 Å². The Morgan fingerprint density at radius 2 is 2.00 bits per heavy atom. The molecule has 4 heteroatoms. The van der Waals surface area contributed by atoms with E-state index in [9.17, 15) is 8.78 Å². The summed E-state index contributed by atoms with van der Waals surface area (Å²) >= 11 is 0. The van der Waals surface area contributed by atoms with Gasteiger partial charge >= 0.3 is 0 Å². The van der Waals surface area contributed by atoms with Crippen molar-refractivity contribution in [2.75, 3.05) is 6.61 Å². The maximum Gasteiger partial charge on any atom is 0.126 e. The first kappa shape index (κ1) is 12.5. The Morgan fingerprint density at radius 1 is 1.35 bits per heavy atom. The van der Waals surface area contributed by atoms with Gasteiger partial charge < -0.3 is 10.5 Å². The second-order valence-electron chi connectivity index (χ2n) is 4.75. The lowest BCUT2D eigenvalue weighted by Gasteiger charge is -2.22. The number of benzene rings is 1. The summed E-state index contributed by atoms with van der Waals surface area (Å²) in [6.45, 7) is 2.81. The van der Waals surface area contributed by atoms with Crippen molar-refractivity contribution in [3.05, 3.63) is 35.4 Å². The maximum atomic E-state index is 13.0. The molecule has 3 unspecified atom stereocenters. The molecule has 0 aliphatic carbocycles. The summed E-state index contributed by atoms with van der Waals surface area (Å²) in [7, 11) is 0. The SMILES string of the molecule is CC1CCOC1C(N)Cc1cc(F)cc(F)c1. The van der Waals surface area contributed by atoms with Crippen molar-refractivity contribution >= 4 is 0 Å². The van der Waals surface area contributed by atoms with Crippen molar-refractivity contribution in [3.8, 4) is 0 Å². The van der Waals surface area contributed by atoms with E-state index >= 15 is 0 Å². The van der Waals surface area contributed by atoms with Gasteiger partial charge in [-0.1, -0.05) is 6.92 Å². The first-order valence-corrected chi connectivity index (χ1v) is 5.88. The van der Waals surface area contributed by atoms with E-state index in [4.69, 9.17) is 10.5 Å². The zero-order chi connectivity index (χ0) is 12.4. The van der Waals surface area contributed by atoms with E-state index in [-0.39, 0.29) is 12.1 Å². The van der Waals surface area contributed by atoms with Crippen LogP contribution < -0.4 is 5.73 Å². The molecule has 0 aromatic heterocycles. The fourth-order valence-electron chi connectivity index (χ4n) is 2.38. The molecule has 0 saturated carbocycles. The summed E-state index contributed by atoms with van der Waals surface area (Å²) in [5.74, 6) is -0.719. The smallest absolute Gasteiger partial charge is 0.126 e. The van der Waals surface area contributed by atoms with Crippen molar-refractivity contribution in [2.24, 2.45) is 11.7 Å². The Labute approximate surface area is 99.8 Å². The van der Waals surface area contributed by atoms with Crippen molar-refractivity contribution < 1.29 is 13.5 Å². The minimum atomic E-state index is -0.562. The molecule has 1 aromatic carbocycles. The molecule has 1 fully saturated rings. The maximum absolute atomic E-state index is 13.0. The number of hydrogen-bond donors (Lipinski definition) is 1.